The molecule has 1 saturated carbocycles. The summed E-state index contributed by atoms with van der Waals surface area (Å²) < 4.78 is 0. The maximum Gasteiger partial charge on any atom is 0.254 e. The molecule has 8 nitrogen and oxygen atoms in total. The van der Waals surface area contributed by atoms with Crippen molar-refractivity contribution in [2.45, 2.75) is 37.8 Å². The number of aromatic nitrogens is 3. The van der Waals surface area contributed by atoms with Gasteiger partial charge in [0.2, 0.25) is 5.95 Å². The number of benzene rings is 2. The van der Waals surface area contributed by atoms with Crippen LogP contribution in [0.25, 0.3) is 22.0 Å². The molecule has 2 atom stereocenters. The number of hydrogen-bond acceptors (Lipinski definition) is 7. The van der Waals surface area contributed by atoms with E-state index in [0.29, 0.717) is 11.8 Å². The van der Waals surface area contributed by atoms with Crippen LogP contribution in [0.4, 0.5) is 17.5 Å². The van der Waals surface area contributed by atoms with E-state index in [4.69, 9.17) is 11.5 Å². The maximum absolute atomic E-state index is 12.1. The fraction of sp³-hybridized carbons (Fsp3) is 0.231. The normalized spacial score (nSPS) is 17.9. The Morgan fingerprint density at radius 3 is 2.71 bits per heavy atom. The molecule has 0 spiro atoms. The van der Waals surface area contributed by atoms with Crippen LogP contribution in [-0.4, -0.2) is 32.9 Å². The van der Waals surface area contributed by atoms with Crippen LogP contribution < -0.4 is 22.1 Å². The first kappa shape index (κ1) is 21.8. The second-order valence-electron chi connectivity index (χ2n) is 8.60. The molecular formula is C26H27N7O. The van der Waals surface area contributed by atoms with Gasteiger partial charge in [0.1, 0.15) is 11.4 Å². The van der Waals surface area contributed by atoms with Crippen LogP contribution in [0.15, 0.2) is 67.0 Å². The Kier molecular flexibility index (Phi) is 6.05. The van der Waals surface area contributed by atoms with E-state index in [1.807, 2.05) is 42.5 Å². The highest BCUT2D eigenvalue weighted by atomic mass is 16.1. The Labute approximate surface area is 197 Å². The number of hydrogen-bond donors (Lipinski definition) is 4. The highest BCUT2D eigenvalue weighted by Crippen LogP contribution is 2.30. The largest absolute Gasteiger partial charge is 0.365 e. The molecule has 1 amide bonds. The number of fused-ring (bicyclic) bond motifs is 1. The topological polar surface area (TPSA) is 132 Å². The van der Waals surface area contributed by atoms with Gasteiger partial charge in [-0.2, -0.15) is 4.98 Å². The Hall–Kier alpha value is -4.04. The zero-order valence-corrected chi connectivity index (χ0v) is 18.7. The van der Waals surface area contributed by atoms with E-state index in [2.05, 4.69) is 37.7 Å². The third-order valence-electron chi connectivity index (χ3n) is 6.27. The standard InChI is InChI=1S/C26H27N7O/c27-21-10-1-2-11-23(21)32-26-30-15-20(24(28)34)25(33-26)31-17-7-3-6-16(14-17)18-8-4-12-22-19(18)9-5-13-29-22/h3-9,12-15,21,23H,1-2,10-11,27H2,(H2,28,34)(H2,30,31,32,33)/t21-,23+/m0/s1. The van der Waals surface area contributed by atoms with Gasteiger partial charge in [-0.1, -0.05) is 43.2 Å². The summed E-state index contributed by atoms with van der Waals surface area (Å²) in [6, 6.07) is 18.1. The highest BCUT2D eigenvalue weighted by molar-refractivity contribution is 5.98. The van der Waals surface area contributed by atoms with E-state index in [-0.39, 0.29) is 17.6 Å². The minimum Gasteiger partial charge on any atom is -0.365 e. The number of primary amides is 1. The number of nitrogens with zero attached hydrogens (tertiary/aromatic N) is 3. The van der Waals surface area contributed by atoms with Gasteiger partial charge < -0.3 is 22.1 Å². The minimum atomic E-state index is -0.597. The van der Waals surface area contributed by atoms with Crippen LogP contribution in [0.5, 0.6) is 0 Å². The van der Waals surface area contributed by atoms with Crippen molar-refractivity contribution in [2.24, 2.45) is 11.5 Å². The number of anilines is 3. The molecule has 0 bridgehead atoms. The average Bonchev–Trinajstić information content (AvgIpc) is 2.85. The van der Waals surface area contributed by atoms with Crippen LogP contribution in [0.2, 0.25) is 0 Å². The number of nitrogens with two attached hydrogens (primary N) is 2. The number of pyridine rings is 1. The Morgan fingerprint density at radius 1 is 1.00 bits per heavy atom. The fourth-order valence-electron chi connectivity index (χ4n) is 4.49. The summed E-state index contributed by atoms with van der Waals surface area (Å²) in [7, 11) is 0. The van der Waals surface area contributed by atoms with Crippen molar-refractivity contribution in [1.82, 2.24) is 15.0 Å². The molecule has 0 radical (unpaired) electrons. The van der Waals surface area contributed by atoms with Crippen molar-refractivity contribution in [1.29, 1.82) is 0 Å². The summed E-state index contributed by atoms with van der Waals surface area (Å²) in [5.41, 5.74) is 15.9. The summed E-state index contributed by atoms with van der Waals surface area (Å²) >= 11 is 0. The molecule has 0 saturated heterocycles. The lowest BCUT2D eigenvalue weighted by Gasteiger charge is -2.29. The predicted molar refractivity (Wildman–Crippen MR) is 135 cm³/mol. The average molecular weight is 454 g/mol. The third-order valence-corrected chi connectivity index (χ3v) is 6.27. The number of nitrogens with one attached hydrogen (secondary N) is 2. The van der Waals surface area contributed by atoms with Crippen molar-refractivity contribution in [3.05, 3.63) is 72.6 Å². The van der Waals surface area contributed by atoms with Gasteiger partial charge in [-0.05, 0) is 48.2 Å². The van der Waals surface area contributed by atoms with E-state index in [1.165, 1.54) is 6.20 Å². The van der Waals surface area contributed by atoms with Gasteiger partial charge in [0.05, 0.1) is 5.52 Å². The number of carbonyl (C=O) groups excluding carboxylic acids is 1. The van der Waals surface area contributed by atoms with Gasteiger partial charge in [-0.25, -0.2) is 4.98 Å². The maximum atomic E-state index is 12.1. The van der Waals surface area contributed by atoms with Gasteiger partial charge >= 0.3 is 0 Å². The van der Waals surface area contributed by atoms with Crippen LogP contribution in [-0.2, 0) is 0 Å². The van der Waals surface area contributed by atoms with Gasteiger partial charge in [0, 0.05) is 35.6 Å². The van der Waals surface area contributed by atoms with E-state index >= 15 is 0 Å². The summed E-state index contributed by atoms with van der Waals surface area (Å²) in [6.45, 7) is 0. The summed E-state index contributed by atoms with van der Waals surface area (Å²) in [4.78, 5) is 25.4. The molecule has 0 aliphatic heterocycles. The number of amides is 1. The van der Waals surface area contributed by atoms with Gasteiger partial charge in [0.25, 0.3) is 5.91 Å². The molecule has 8 heteroatoms. The lowest BCUT2D eigenvalue weighted by molar-refractivity contribution is 0.100. The number of carbonyl (C=O) groups is 1. The van der Waals surface area contributed by atoms with Crippen molar-refractivity contribution in [3.63, 3.8) is 0 Å². The lowest BCUT2D eigenvalue weighted by Crippen LogP contribution is -2.43. The van der Waals surface area contributed by atoms with Crippen LogP contribution in [0, 0.1) is 0 Å². The zero-order valence-electron chi connectivity index (χ0n) is 18.7. The van der Waals surface area contributed by atoms with E-state index < -0.39 is 5.91 Å². The summed E-state index contributed by atoms with van der Waals surface area (Å²) in [6.07, 6.45) is 7.43. The Bertz CT molecular complexity index is 1330. The van der Waals surface area contributed by atoms with Crippen molar-refractivity contribution in [3.8, 4) is 11.1 Å². The predicted octanol–water partition coefficient (Wildman–Crippen LogP) is 4.22. The zero-order chi connectivity index (χ0) is 23.5. The van der Waals surface area contributed by atoms with Gasteiger partial charge in [-0.3, -0.25) is 9.78 Å². The Morgan fingerprint density at radius 2 is 1.85 bits per heavy atom. The molecule has 34 heavy (non-hydrogen) atoms. The second-order valence-corrected chi connectivity index (χ2v) is 8.60. The van der Waals surface area contributed by atoms with E-state index in [1.54, 1.807) is 6.20 Å². The van der Waals surface area contributed by atoms with Crippen molar-refractivity contribution < 1.29 is 4.79 Å². The lowest BCUT2D eigenvalue weighted by atomic mass is 9.91. The molecule has 2 aromatic heterocycles. The molecule has 5 rings (SSSR count). The molecule has 1 aliphatic rings. The van der Waals surface area contributed by atoms with Gasteiger partial charge in [0.15, 0.2) is 0 Å². The van der Waals surface area contributed by atoms with Gasteiger partial charge in [-0.15, -0.1) is 0 Å². The number of rotatable bonds is 6. The third kappa shape index (κ3) is 4.53. The summed E-state index contributed by atoms with van der Waals surface area (Å²) in [5.74, 6) is 0.178. The van der Waals surface area contributed by atoms with E-state index in [9.17, 15) is 4.79 Å². The molecule has 6 N–H and O–H groups in total. The molecular weight excluding hydrogens is 426 g/mol. The monoisotopic (exact) mass is 453 g/mol. The molecule has 172 valence electrons. The first-order valence-electron chi connectivity index (χ1n) is 11.5. The molecule has 0 unspecified atom stereocenters. The van der Waals surface area contributed by atoms with E-state index in [0.717, 1.165) is 53.4 Å². The Balaban J connectivity index is 1.46. The quantitative estimate of drug-likeness (QED) is 0.344. The van der Waals surface area contributed by atoms with Crippen LogP contribution in [0.3, 0.4) is 0 Å². The summed E-state index contributed by atoms with van der Waals surface area (Å²) in [5, 5.41) is 7.66. The minimum absolute atomic E-state index is 0.0523. The van der Waals surface area contributed by atoms with Crippen LogP contribution >= 0.6 is 0 Å². The first-order chi connectivity index (χ1) is 16.6. The first-order valence-corrected chi connectivity index (χ1v) is 11.5. The van der Waals surface area contributed by atoms with Crippen molar-refractivity contribution in [2.75, 3.05) is 10.6 Å². The molecule has 4 aromatic rings. The van der Waals surface area contributed by atoms with Crippen molar-refractivity contribution >= 4 is 34.3 Å². The smallest absolute Gasteiger partial charge is 0.254 e. The highest BCUT2D eigenvalue weighted by Gasteiger charge is 2.23. The fourth-order valence-corrected chi connectivity index (χ4v) is 4.49. The van der Waals surface area contributed by atoms with Crippen LogP contribution in [0.1, 0.15) is 36.0 Å². The molecule has 2 aromatic carbocycles. The SMILES string of the molecule is NC(=O)c1cnc(N[C@@H]2CCCC[C@@H]2N)nc1Nc1cccc(-c2cccc3ncccc23)c1. The molecule has 1 fully saturated rings. The molecule has 2 heterocycles. The second kappa shape index (κ2) is 9.44. The molecule has 1 aliphatic carbocycles.